The minimum absolute atomic E-state index is 0.635. The number of hydrogen-bond acceptors (Lipinski definition) is 4. The Morgan fingerprint density at radius 3 is 3.31 bits per heavy atom. The smallest absolute Gasteiger partial charge is 0.237 e. The third-order valence-corrected chi connectivity index (χ3v) is 2.50. The molecule has 1 aliphatic carbocycles. The maximum absolute atomic E-state index is 5.54. The zero-order valence-electron chi connectivity index (χ0n) is 8.73. The topological polar surface area (TPSA) is 47.0 Å². The summed E-state index contributed by atoms with van der Waals surface area (Å²) in [5, 5.41) is 3.22. The van der Waals surface area contributed by atoms with Gasteiger partial charge in [-0.3, -0.25) is 4.98 Å². The molecule has 0 fully saturated rings. The molecule has 80 valence electrons. The molecule has 4 heteroatoms. The van der Waals surface area contributed by atoms with E-state index in [9.17, 15) is 0 Å². The molecule has 0 bridgehead atoms. The molecule has 3 rings (SSSR count). The van der Waals surface area contributed by atoms with E-state index in [1.54, 1.807) is 6.20 Å². The van der Waals surface area contributed by atoms with Crippen LogP contribution in [-0.4, -0.2) is 23.1 Å². The van der Waals surface area contributed by atoms with Crippen LogP contribution in [0.2, 0.25) is 0 Å². The highest BCUT2D eigenvalue weighted by atomic mass is 16.5. The van der Waals surface area contributed by atoms with E-state index in [0.717, 1.165) is 23.5 Å². The van der Waals surface area contributed by atoms with E-state index in [1.807, 2.05) is 18.2 Å². The first kappa shape index (κ1) is 9.33. The summed E-state index contributed by atoms with van der Waals surface area (Å²) in [5.41, 5.74) is 5.74. The normalized spacial score (nSPS) is 17.6. The monoisotopic (exact) mass is 213 g/mol. The van der Waals surface area contributed by atoms with Crippen molar-refractivity contribution in [1.82, 2.24) is 15.3 Å². The Morgan fingerprint density at radius 1 is 1.44 bits per heavy atom. The Hall–Kier alpha value is -1.90. The Labute approximate surface area is 93.4 Å². The molecule has 0 saturated heterocycles. The minimum Gasteiger partial charge on any atom is -0.475 e. The quantitative estimate of drug-likeness (QED) is 0.709. The van der Waals surface area contributed by atoms with Gasteiger partial charge in [-0.1, -0.05) is 6.08 Å². The van der Waals surface area contributed by atoms with Crippen LogP contribution in [0.5, 0.6) is 5.88 Å². The van der Waals surface area contributed by atoms with E-state index in [4.69, 9.17) is 4.74 Å². The number of ether oxygens (including phenoxy) is 1. The van der Waals surface area contributed by atoms with Gasteiger partial charge in [-0.05, 0) is 12.2 Å². The van der Waals surface area contributed by atoms with E-state index < -0.39 is 0 Å². The van der Waals surface area contributed by atoms with Crippen molar-refractivity contribution in [3.63, 3.8) is 0 Å². The highest BCUT2D eigenvalue weighted by Gasteiger charge is 2.13. The third-order valence-electron chi connectivity index (χ3n) is 2.50. The van der Waals surface area contributed by atoms with Crippen molar-refractivity contribution in [2.24, 2.45) is 0 Å². The molecule has 1 aromatic heterocycles. The van der Waals surface area contributed by atoms with E-state index in [1.165, 1.54) is 0 Å². The SMILES string of the molecule is C1=CC=CC=1c1cnc2c(n1)OCCNC2. The second-order valence-electron chi connectivity index (χ2n) is 3.62. The molecule has 2 heterocycles. The fraction of sp³-hybridized carbons (Fsp3) is 0.250. The molecule has 0 saturated carbocycles. The Kier molecular flexibility index (Phi) is 2.29. The summed E-state index contributed by atoms with van der Waals surface area (Å²) in [6, 6.07) is 0. The maximum Gasteiger partial charge on any atom is 0.237 e. The van der Waals surface area contributed by atoms with Gasteiger partial charge >= 0.3 is 0 Å². The van der Waals surface area contributed by atoms with Crippen molar-refractivity contribution < 1.29 is 4.74 Å². The summed E-state index contributed by atoms with van der Waals surface area (Å²) in [4.78, 5) is 8.82. The van der Waals surface area contributed by atoms with Gasteiger partial charge in [0, 0.05) is 18.7 Å². The van der Waals surface area contributed by atoms with Gasteiger partial charge < -0.3 is 10.1 Å². The van der Waals surface area contributed by atoms with Crippen molar-refractivity contribution in [1.29, 1.82) is 0 Å². The number of rotatable bonds is 1. The highest BCUT2D eigenvalue weighted by molar-refractivity contribution is 5.73. The van der Waals surface area contributed by atoms with Gasteiger partial charge in [0.1, 0.15) is 18.0 Å². The van der Waals surface area contributed by atoms with Gasteiger partial charge in [0.15, 0.2) is 0 Å². The van der Waals surface area contributed by atoms with Crippen molar-refractivity contribution in [2.75, 3.05) is 13.2 Å². The van der Waals surface area contributed by atoms with Crippen molar-refractivity contribution >= 4 is 5.57 Å². The lowest BCUT2D eigenvalue weighted by atomic mass is 10.2. The van der Waals surface area contributed by atoms with Crippen LogP contribution in [-0.2, 0) is 6.54 Å². The molecular formula is C12H11N3O. The molecule has 0 aromatic carbocycles. The second-order valence-corrected chi connectivity index (χ2v) is 3.62. The van der Waals surface area contributed by atoms with E-state index in [0.29, 0.717) is 19.0 Å². The summed E-state index contributed by atoms with van der Waals surface area (Å²) >= 11 is 0. The number of aromatic nitrogens is 2. The number of fused-ring (bicyclic) bond motifs is 1. The summed E-state index contributed by atoms with van der Waals surface area (Å²) in [6.45, 7) is 2.18. The molecule has 0 unspecified atom stereocenters. The molecule has 4 nitrogen and oxygen atoms in total. The summed E-state index contributed by atoms with van der Waals surface area (Å²) in [7, 11) is 0. The van der Waals surface area contributed by atoms with Gasteiger partial charge in [-0.25, -0.2) is 4.98 Å². The molecule has 0 radical (unpaired) electrons. The zero-order valence-corrected chi connectivity index (χ0v) is 8.73. The Morgan fingerprint density at radius 2 is 2.44 bits per heavy atom. The average molecular weight is 213 g/mol. The van der Waals surface area contributed by atoms with Crippen LogP contribution in [0.25, 0.3) is 5.57 Å². The van der Waals surface area contributed by atoms with Gasteiger partial charge in [0.2, 0.25) is 5.88 Å². The first-order valence-corrected chi connectivity index (χ1v) is 5.27. The number of allylic oxidation sites excluding steroid dienone is 3. The van der Waals surface area contributed by atoms with Gasteiger partial charge in [-0.2, -0.15) is 0 Å². The third kappa shape index (κ3) is 1.65. The molecule has 2 aliphatic rings. The van der Waals surface area contributed by atoms with Crippen molar-refractivity contribution in [3.8, 4) is 5.88 Å². The van der Waals surface area contributed by atoms with Gasteiger partial charge in [0.25, 0.3) is 0 Å². The summed E-state index contributed by atoms with van der Waals surface area (Å²) < 4.78 is 5.54. The van der Waals surface area contributed by atoms with Gasteiger partial charge in [0.05, 0.1) is 6.20 Å². The molecule has 0 amide bonds. The molecule has 16 heavy (non-hydrogen) atoms. The molecule has 0 spiro atoms. The number of nitrogens with one attached hydrogen (secondary N) is 1. The predicted octanol–water partition coefficient (Wildman–Crippen LogP) is 1.07. The lowest BCUT2D eigenvalue weighted by Gasteiger charge is -2.06. The number of hydrogen-bond donors (Lipinski definition) is 1. The highest BCUT2D eigenvalue weighted by Crippen LogP contribution is 2.20. The first-order chi connectivity index (χ1) is 7.93. The summed E-state index contributed by atoms with van der Waals surface area (Å²) in [6.07, 6.45) is 7.53. The van der Waals surface area contributed by atoms with Crippen LogP contribution >= 0.6 is 0 Å². The second kappa shape index (κ2) is 3.93. The van der Waals surface area contributed by atoms with Gasteiger partial charge in [-0.15, -0.1) is 5.73 Å². The van der Waals surface area contributed by atoms with Crippen LogP contribution in [0.4, 0.5) is 0 Å². The predicted molar refractivity (Wildman–Crippen MR) is 59.9 cm³/mol. The fourth-order valence-electron chi connectivity index (χ4n) is 1.68. The minimum atomic E-state index is 0.635. The van der Waals surface area contributed by atoms with E-state index in [2.05, 4.69) is 21.0 Å². The van der Waals surface area contributed by atoms with Crippen LogP contribution in [0.1, 0.15) is 11.4 Å². The van der Waals surface area contributed by atoms with E-state index >= 15 is 0 Å². The van der Waals surface area contributed by atoms with Crippen molar-refractivity contribution in [2.45, 2.75) is 6.54 Å². The Balaban J connectivity index is 2.01. The largest absolute Gasteiger partial charge is 0.475 e. The molecule has 1 aliphatic heterocycles. The van der Waals surface area contributed by atoms with E-state index in [-0.39, 0.29) is 0 Å². The fourth-order valence-corrected chi connectivity index (χ4v) is 1.68. The average Bonchev–Trinajstić information content (AvgIpc) is 2.74. The van der Waals surface area contributed by atoms with Crippen LogP contribution in [0.15, 0.2) is 30.2 Å². The lowest BCUT2D eigenvalue weighted by Crippen LogP contribution is -2.16. The van der Waals surface area contributed by atoms with Crippen molar-refractivity contribution in [3.05, 3.63) is 41.5 Å². The van der Waals surface area contributed by atoms with Crippen LogP contribution in [0.3, 0.4) is 0 Å². The zero-order chi connectivity index (χ0) is 10.8. The maximum atomic E-state index is 5.54. The lowest BCUT2D eigenvalue weighted by molar-refractivity contribution is 0.312. The standard InChI is InChI=1S/C12H11N3O/c1-2-4-9(3-1)10-8-14-11-7-13-5-6-16-12(11)15-10/h1-3,8,13H,5-7H2. The van der Waals surface area contributed by atoms with Crippen LogP contribution < -0.4 is 10.1 Å². The molecule has 0 atom stereocenters. The molecular weight excluding hydrogens is 202 g/mol. The molecule has 1 aromatic rings. The first-order valence-electron chi connectivity index (χ1n) is 5.27. The summed E-state index contributed by atoms with van der Waals surface area (Å²) in [5.74, 6) is 0.636. The van der Waals surface area contributed by atoms with Crippen LogP contribution in [0, 0.1) is 0 Å². The Bertz CT molecular complexity index is 513. The number of nitrogens with zero attached hydrogens (tertiary/aromatic N) is 2. The molecule has 1 N–H and O–H groups in total.